The van der Waals surface area contributed by atoms with E-state index >= 15 is 0 Å². The van der Waals surface area contributed by atoms with Crippen molar-refractivity contribution in [1.82, 2.24) is 9.55 Å². The maximum Gasteiger partial charge on any atom is 0.349 e. The van der Waals surface area contributed by atoms with Crippen LogP contribution in [0.4, 0.5) is 0 Å². The standard InChI is InChI=1S/C13H16N2O3S/c1-8(2)11-4-10(12(19-11)13(16)17)18-6-9-5-14-7-15(9)3/h4-5,7-8H,6H2,1-3H3,(H,16,17). The zero-order chi connectivity index (χ0) is 14.0. The normalized spacial score (nSPS) is 10.9. The van der Waals surface area contributed by atoms with Crippen molar-refractivity contribution in [2.45, 2.75) is 26.4 Å². The maximum atomic E-state index is 11.2. The van der Waals surface area contributed by atoms with E-state index in [4.69, 9.17) is 4.74 Å². The summed E-state index contributed by atoms with van der Waals surface area (Å²) >= 11 is 1.27. The number of hydrogen-bond donors (Lipinski definition) is 1. The van der Waals surface area contributed by atoms with E-state index in [2.05, 4.69) is 4.98 Å². The summed E-state index contributed by atoms with van der Waals surface area (Å²) in [5.41, 5.74) is 0.897. The first kappa shape index (κ1) is 13.6. The molecule has 5 nitrogen and oxygen atoms in total. The lowest BCUT2D eigenvalue weighted by molar-refractivity contribution is 0.0697. The molecule has 2 aromatic rings. The largest absolute Gasteiger partial charge is 0.486 e. The summed E-state index contributed by atoms with van der Waals surface area (Å²) < 4.78 is 7.47. The molecule has 0 fully saturated rings. The summed E-state index contributed by atoms with van der Waals surface area (Å²) in [5.74, 6) is -0.226. The number of aromatic nitrogens is 2. The van der Waals surface area contributed by atoms with Crippen molar-refractivity contribution < 1.29 is 14.6 Å². The smallest absolute Gasteiger partial charge is 0.349 e. The van der Waals surface area contributed by atoms with Gasteiger partial charge in [-0.15, -0.1) is 11.3 Å². The van der Waals surface area contributed by atoms with Crippen molar-refractivity contribution in [2.75, 3.05) is 0 Å². The van der Waals surface area contributed by atoms with E-state index in [-0.39, 0.29) is 10.8 Å². The van der Waals surface area contributed by atoms with Crippen LogP contribution in [0, 0.1) is 0 Å². The Hall–Kier alpha value is -1.82. The zero-order valence-corrected chi connectivity index (χ0v) is 11.9. The quantitative estimate of drug-likeness (QED) is 0.914. The van der Waals surface area contributed by atoms with Gasteiger partial charge in [-0.3, -0.25) is 0 Å². The van der Waals surface area contributed by atoms with Crippen molar-refractivity contribution >= 4 is 17.3 Å². The molecule has 0 aliphatic rings. The predicted octanol–water partition coefficient (Wildman–Crippen LogP) is 2.88. The van der Waals surface area contributed by atoms with Crippen molar-refractivity contribution in [3.8, 4) is 5.75 Å². The molecule has 0 unspecified atom stereocenters. The van der Waals surface area contributed by atoms with Gasteiger partial charge in [0.15, 0.2) is 4.88 Å². The molecule has 0 atom stereocenters. The Labute approximate surface area is 115 Å². The molecule has 0 aliphatic carbocycles. The van der Waals surface area contributed by atoms with E-state index in [0.717, 1.165) is 10.6 Å². The Balaban J connectivity index is 2.19. The third-order valence-electron chi connectivity index (χ3n) is 2.77. The minimum atomic E-state index is -0.947. The van der Waals surface area contributed by atoms with Crippen LogP contribution in [0.2, 0.25) is 0 Å². The van der Waals surface area contributed by atoms with Gasteiger partial charge in [-0.25, -0.2) is 9.78 Å². The van der Waals surface area contributed by atoms with Crippen LogP contribution in [0.25, 0.3) is 0 Å². The summed E-state index contributed by atoms with van der Waals surface area (Å²) in [7, 11) is 1.87. The van der Waals surface area contributed by atoms with Crippen LogP contribution in [-0.2, 0) is 13.7 Å². The Morgan fingerprint density at radius 3 is 2.84 bits per heavy atom. The van der Waals surface area contributed by atoms with Crippen LogP contribution >= 0.6 is 11.3 Å². The first-order valence-corrected chi connectivity index (χ1v) is 6.75. The van der Waals surface area contributed by atoms with Gasteiger partial charge >= 0.3 is 5.97 Å². The second-order valence-corrected chi connectivity index (χ2v) is 5.67. The van der Waals surface area contributed by atoms with Gasteiger partial charge in [-0.05, 0) is 12.0 Å². The fourth-order valence-electron chi connectivity index (χ4n) is 1.61. The van der Waals surface area contributed by atoms with E-state index in [1.54, 1.807) is 12.5 Å². The summed E-state index contributed by atoms with van der Waals surface area (Å²) in [6, 6.07) is 1.81. The number of aryl methyl sites for hydroxylation is 1. The van der Waals surface area contributed by atoms with E-state index in [9.17, 15) is 9.90 Å². The average molecular weight is 280 g/mol. The molecule has 2 heterocycles. The first-order valence-electron chi connectivity index (χ1n) is 5.94. The fraction of sp³-hybridized carbons (Fsp3) is 0.385. The summed E-state index contributed by atoms with van der Waals surface area (Å²) in [5, 5.41) is 9.19. The van der Waals surface area contributed by atoms with Gasteiger partial charge in [-0.1, -0.05) is 13.8 Å². The second kappa shape index (κ2) is 5.44. The van der Waals surface area contributed by atoms with Crippen LogP contribution in [0.1, 0.15) is 40.0 Å². The third kappa shape index (κ3) is 2.96. The van der Waals surface area contributed by atoms with E-state index in [1.165, 1.54) is 11.3 Å². The second-order valence-electron chi connectivity index (χ2n) is 4.59. The molecule has 102 valence electrons. The van der Waals surface area contributed by atoms with Crippen LogP contribution in [0.3, 0.4) is 0 Å². The molecule has 0 bridgehead atoms. The van der Waals surface area contributed by atoms with Crippen molar-refractivity contribution in [2.24, 2.45) is 7.05 Å². The van der Waals surface area contributed by atoms with Crippen LogP contribution in [0.5, 0.6) is 5.75 Å². The lowest BCUT2D eigenvalue weighted by atomic mass is 10.2. The number of imidazole rings is 1. The highest BCUT2D eigenvalue weighted by atomic mass is 32.1. The molecule has 0 aromatic carbocycles. The summed E-state index contributed by atoms with van der Waals surface area (Å²) in [4.78, 5) is 16.5. The minimum Gasteiger partial charge on any atom is -0.486 e. The van der Waals surface area contributed by atoms with Gasteiger partial charge in [-0.2, -0.15) is 0 Å². The predicted molar refractivity (Wildman–Crippen MR) is 72.9 cm³/mol. The summed E-state index contributed by atoms with van der Waals surface area (Å²) in [6.45, 7) is 4.37. The van der Waals surface area contributed by atoms with Gasteiger partial charge < -0.3 is 14.4 Å². The molecule has 0 saturated heterocycles. The van der Waals surface area contributed by atoms with E-state index < -0.39 is 5.97 Å². The van der Waals surface area contributed by atoms with Gasteiger partial charge in [0.1, 0.15) is 12.4 Å². The number of carbonyl (C=O) groups is 1. The highest BCUT2D eigenvalue weighted by molar-refractivity contribution is 7.14. The van der Waals surface area contributed by atoms with Crippen molar-refractivity contribution in [3.05, 3.63) is 34.0 Å². The number of ether oxygens (including phenoxy) is 1. The molecule has 6 heteroatoms. The fourth-order valence-corrected chi connectivity index (χ4v) is 2.55. The molecule has 0 aliphatic heterocycles. The van der Waals surface area contributed by atoms with Gasteiger partial charge in [0.05, 0.1) is 18.2 Å². The van der Waals surface area contributed by atoms with Gasteiger partial charge in [0.2, 0.25) is 0 Å². The Morgan fingerprint density at radius 1 is 1.58 bits per heavy atom. The molecular formula is C13H16N2O3S. The molecule has 0 radical (unpaired) electrons. The molecule has 19 heavy (non-hydrogen) atoms. The first-order chi connectivity index (χ1) is 8.99. The third-order valence-corrected chi connectivity index (χ3v) is 4.18. The van der Waals surface area contributed by atoms with E-state index in [0.29, 0.717) is 12.4 Å². The zero-order valence-electron chi connectivity index (χ0n) is 11.1. The summed E-state index contributed by atoms with van der Waals surface area (Å²) in [6.07, 6.45) is 3.39. The van der Waals surface area contributed by atoms with Crippen LogP contribution in [0.15, 0.2) is 18.6 Å². The highest BCUT2D eigenvalue weighted by Gasteiger charge is 2.18. The number of rotatable bonds is 5. The van der Waals surface area contributed by atoms with Crippen LogP contribution < -0.4 is 4.74 Å². The van der Waals surface area contributed by atoms with Gasteiger partial charge in [0, 0.05) is 11.9 Å². The molecule has 2 aromatic heterocycles. The maximum absolute atomic E-state index is 11.2. The number of hydrogen-bond acceptors (Lipinski definition) is 4. The van der Waals surface area contributed by atoms with E-state index in [1.807, 2.05) is 31.5 Å². The molecule has 0 spiro atoms. The van der Waals surface area contributed by atoms with Gasteiger partial charge in [0.25, 0.3) is 0 Å². The number of nitrogens with zero attached hydrogens (tertiary/aromatic N) is 2. The van der Waals surface area contributed by atoms with Crippen molar-refractivity contribution in [1.29, 1.82) is 0 Å². The number of carboxylic acid groups (broad SMARTS) is 1. The number of carboxylic acids is 1. The number of aromatic carboxylic acids is 1. The Kier molecular flexibility index (Phi) is 3.90. The van der Waals surface area contributed by atoms with Crippen LogP contribution in [-0.4, -0.2) is 20.6 Å². The minimum absolute atomic E-state index is 0.255. The molecular weight excluding hydrogens is 264 g/mol. The number of thiophene rings is 1. The molecule has 1 N–H and O–H groups in total. The molecule has 0 saturated carbocycles. The lowest BCUT2D eigenvalue weighted by Gasteiger charge is -2.05. The highest BCUT2D eigenvalue weighted by Crippen LogP contribution is 2.34. The molecule has 2 rings (SSSR count). The lowest BCUT2D eigenvalue weighted by Crippen LogP contribution is -2.03. The average Bonchev–Trinajstić information content (AvgIpc) is 2.92. The topological polar surface area (TPSA) is 64.4 Å². The monoisotopic (exact) mass is 280 g/mol. The Bertz CT molecular complexity index is 586. The molecule has 0 amide bonds. The SMILES string of the molecule is CC(C)c1cc(OCc2cncn2C)c(C(=O)O)s1. The Morgan fingerprint density at radius 2 is 2.32 bits per heavy atom. The van der Waals surface area contributed by atoms with Crippen molar-refractivity contribution in [3.63, 3.8) is 0 Å².